The molecule has 0 bridgehead atoms. The number of halogens is 2. The summed E-state index contributed by atoms with van der Waals surface area (Å²) in [6.45, 7) is 2.56. The molecular weight excluding hydrogens is 385 g/mol. The number of rotatable bonds is 8. The molecule has 0 unspecified atom stereocenters. The lowest BCUT2D eigenvalue weighted by Gasteiger charge is -2.17. The zero-order chi connectivity index (χ0) is 19.8. The minimum absolute atomic E-state index is 0.105. The van der Waals surface area contributed by atoms with Gasteiger partial charge in [0.15, 0.2) is 0 Å². The fourth-order valence-corrected chi connectivity index (χ4v) is 3.08. The summed E-state index contributed by atoms with van der Waals surface area (Å²) in [7, 11) is 1.72. The van der Waals surface area contributed by atoms with Crippen molar-refractivity contribution in [3.05, 3.63) is 63.6 Å². The molecule has 2 aromatic rings. The zero-order valence-electron chi connectivity index (χ0n) is 15.4. The lowest BCUT2D eigenvalue weighted by atomic mass is 10.1. The summed E-state index contributed by atoms with van der Waals surface area (Å²) in [5.74, 6) is -0.350. The maximum atomic E-state index is 12.2. The third-order valence-electron chi connectivity index (χ3n) is 3.99. The molecule has 0 aliphatic heterocycles. The predicted octanol–water partition coefficient (Wildman–Crippen LogP) is 3.74. The minimum Gasteiger partial charge on any atom is -0.351 e. The van der Waals surface area contributed by atoms with Crippen molar-refractivity contribution in [2.24, 2.45) is 0 Å². The van der Waals surface area contributed by atoms with Crippen molar-refractivity contribution in [2.75, 3.05) is 25.5 Å². The number of hydrogen-bond donors (Lipinski definition) is 2. The van der Waals surface area contributed by atoms with Gasteiger partial charge < -0.3 is 10.6 Å². The maximum Gasteiger partial charge on any atom is 0.238 e. The van der Waals surface area contributed by atoms with E-state index in [1.165, 1.54) is 0 Å². The standard InChI is InChI=1S/C20H23Cl2N3O2/c1-3-14-6-4-5-7-18(14)24-20(27)13-25(2)12-19(26)23-11-15-8-9-16(21)10-17(15)22/h4-10H,3,11-13H2,1-2H3,(H,23,26)(H,24,27). The molecule has 0 aromatic heterocycles. The van der Waals surface area contributed by atoms with E-state index >= 15 is 0 Å². The van der Waals surface area contributed by atoms with Crippen LogP contribution in [-0.2, 0) is 22.6 Å². The van der Waals surface area contributed by atoms with Crippen molar-refractivity contribution in [3.8, 4) is 0 Å². The molecule has 0 saturated carbocycles. The fourth-order valence-electron chi connectivity index (χ4n) is 2.60. The highest BCUT2D eigenvalue weighted by Crippen LogP contribution is 2.20. The quantitative estimate of drug-likeness (QED) is 0.700. The number of amides is 2. The maximum absolute atomic E-state index is 12.2. The Balaban J connectivity index is 1.79. The summed E-state index contributed by atoms with van der Waals surface area (Å²) in [6, 6.07) is 12.8. The van der Waals surface area contributed by atoms with Crippen molar-refractivity contribution in [1.29, 1.82) is 0 Å². The van der Waals surface area contributed by atoms with Gasteiger partial charge in [0.25, 0.3) is 0 Å². The number of para-hydroxylation sites is 1. The molecule has 0 heterocycles. The van der Waals surface area contributed by atoms with Gasteiger partial charge in [-0.1, -0.05) is 54.4 Å². The summed E-state index contributed by atoms with van der Waals surface area (Å²) >= 11 is 11.9. The number of anilines is 1. The van der Waals surface area contributed by atoms with Crippen LogP contribution in [0.1, 0.15) is 18.1 Å². The van der Waals surface area contributed by atoms with Gasteiger partial charge in [-0.15, -0.1) is 0 Å². The fraction of sp³-hybridized carbons (Fsp3) is 0.300. The molecule has 0 aliphatic carbocycles. The Kier molecular flexibility index (Phi) is 8.10. The second kappa shape index (κ2) is 10.3. The van der Waals surface area contributed by atoms with Gasteiger partial charge in [-0.2, -0.15) is 0 Å². The van der Waals surface area contributed by atoms with Crippen LogP contribution in [0.2, 0.25) is 10.0 Å². The molecule has 2 N–H and O–H groups in total. The predicted molar refractivity (Wildman–Crippen MR) is 110 cm³/mol. The molecule has 0 spiro atoms. The average Bonchev–Trinajstić information content (AvgIpc) is 2.61. The molecule has 144 valence electrons. The molecule has 0 saturated heterocycles. The summed E-state index contributed by atoms with van der Waals surface area (Å²) in [4.78, 5) is 26.0. The molecule has 7 heteroatoms. The van der Waals surface area contributed by atoms with E-state index in [0.717, 1.165) is 23.2 Å². The minimum atomic E-state index is -0.190. The summed E-state index contributed by atoms with van der Waals surface area (Å²) in [6.07, 6.45) is 0.835. The number of carbonyl (C=O) groups is 2. The Morgan fingerprint density at radius 2 is 1.70 bits per heavy atom. The SMILES string of the molecule is CCc1ccccc1NC(=O)CN(C)CC(=O)NCc1ccc(Cl)cc1Cl. The number of nitrogens with zero attached hydrogens (tertiary/aromatic N) is 1. The van der Waals surface area contributed by atoms with Crippen LogP contribution in [0.15, 0.2) is 42.5 Å². The lowest BCUT2D eigenvalue weighted by Crippen LogP contribution is -2.38. The lowest BCUT2D eigenvalue weighted by molar-refractivity contribution is -0.123. The largest absolute Gasteiger partial charge is 0.351 e. The number of benzene rings is 2. The molecule has 27 heavy (non-hydrogen) atoms. The van der Waals surface area contributed by atoms with Gasteiger partial charge in [0, 0.05) is 22.3 Å². The number of likely N-dealkylation sites (N-methyl/N-ethyl adjacent to an activating group) is 1. The first-order valence-electron chi connectivity index (χ1n) is 8.66. The van der Waals surface area contributed by atoms with Gasteiger partial charge in [0.2, 0.25) is 11.8 Å². The number of carbonyl (C=O) groups excluding carboxylic acids is 2. The van der Waals surface area contributed by atoms with E-state index in [-0.39, 0.29) is 24.9 Å². The van der Waals surface area contributed by atoms with E-state index in [0.29, 0.717) is 16.6 Å². The Labute approximate surface area is 169 Å². The number of aryl methyl sites for hydroxylation is 1. The topological polar surface area (TPSA) is 61.4 Å². The molecule has 2 aromatic carbocycles. The van der Waals surface area contributed by atoms with E-state index in [1.807, 2.05) is 31.2 Å². The van der Waals surface area contributed by atoms with Crippen LogP contribution in [0.3, 0.4) is 0 Å². The Hall–Kier alpha value is -2.08. The second-order valence-corrected chi connectivity index (χ2v) is 7.09. The Bertz CT molecular complexity index is 812. The van der Waals surface area contributed by atoms with Crippen molar-refractivity contribution in [2.45, 2.75) is 19.9 Å². The third kappa shape index (κ3) is 6.86. The van der Waals surface area contributed by atoms with Gasteiger partial charge in [-0.05, 0) is 42.8 Å². The third-order valence-corrected chi connectivity index (χ3v) is 4.58. The molecule has 5 nitrogen and oxygen atoms in total. The van der Waals surface area contributed by atoms with Crippen LogP contribution in [0.5, 0.6) is 0 Å². The van der Waals surface area contributed by atoms with E-state index in [1.54, 1.807) is 30.1 Å². The van der Waals surface area contributed by atoms with Gasteiger partial charge in [0.1, 0.15) is 0 Å². The Morgan fingerprint density at radius 1 is 1.00 bits per heavy atom. The molecular formula is C20H23Cl2N3O2. The summed E-state index contributed by atoms with van der Waals surface area (Å²) in [5.41, 5.74) is 2.66. The van der Waals surface area contributed by atoms with E-state index in [4.69, 9.17) is 23.2 Å². The molecule has 0 aliphatic rings. The van der Waals surface area contributed by atoms with Crippen LogP contribution in [0.25, 0.3) is 0 Å². The van der Waals surface area contributed by atoms with Gasteiger partial charge >= 0.3 is 0 Å². The highest BCUT2D eigenvalue weighted by atomic mass is 35.5. The van der Waals surface area contributed by atoms with Crippen LogP contribution >= 0.6 is 23.2 Å². The molecule has 0 radical (unpaired) electrons. The van der Waals surface area contributed by atoms with E-state index in [9.17, 15) is 9.59 Å². The monoisotopic (exact) mass is 407 g/mol. The van der Waals surface area contributed by atoms with Crippen LogP contribution in [0.4, 0.5) is 5.69 Å². The highest BCUT2D eigenvalue weighted by Gasteiger charge is 2.12. The molecule has 0 atom stereocenters. The Morgan fingerprint density at radius 3 is 2.41 bits per heavy atom. The molecule has 2 amide bonds. The smallest absolute Gasteiger partial charge is 0.238 e. The second-order valence-electron chi connectivity index (χ2n) is 6.24. The summed E-state index contributed by atoms with van der Waals surface area (Å²) in [5, 5.41) is 6.74. The van der Waals surface area contributed by atoms with Crippen LogP contribution in [0, 0.1) is 0 Å². The van der Waals surface area contributed by atoms with E-state index in [2.05, 4.69) is 10.6 Å². The first-order valence-corrected chi connectivity index (χ1v) is 9.41. The summed E-state index contributed by atoms with van der Waals surface area (Å²) < 4.78 is 0. The van der Waals surface area contributed by atoms with Gasteiger partial charge in [-0.3, -0.25) is 14.5 Å². The van der Waals surface area contributed by atoms with Crippen molar-refractivity contribution in [1.82, 2.24) is 10.2 Å². The van der Waals surface area contributed by atoms with Crippen LogP contribution in [-0.4, -0.2) is 36.9 Å². The zero-order valence-corrected chi connectivity index (χ0v) is 16.9. The van der Waals surface area contributed by atoms with Gasteiger partial charge in [0.05, 0.1) is 13.1 Å². The molecule has 2 rings (SSSR count). The van der Waals surface area contributed by atoms with Gasteiger partial charge in [-0.25, -0.2) is 0 Å². The van der Waals surface area contributed by atoms with Crippen molar-refractivity contribution >= 4 is 40.7 Å². The molecule has 0 fully saturated rings. The van der Waals surface area contributed by atoms with Crippen molar-refractivity contribution in [3.63, 3.8) is 0 Å². The average molecular weight is 408 g/mol. The normalized spacial score (nSPS) is 10.7. The number of hydrogen-bond acceptors (Lipinski definition) is 3. The van der Waals surface area contributed by atoms with E-state index < -0.39 is 0 Å². The highest BCUT2D eigenvalue weighted by molar-refractivity contribution is 6.35. The first kappa shape index (κ1) is 21.2. The number of nitrogens with one attached hydrogen (secondary N) is 2. The van der Waals surface area contributed by atoms with Crippen molar-refractivity contribution < 1.29 is 9.59 Å². The van der Waals surface area contributed by atoms with Crippen LogP contribution < -0.4 is 10.6 Å². The first-order chi connectivity index (χ1) is 12.9.